The smallest absolute Gasteiger partial charge is 0.238 e. The minimum Gasteiger partial charge on any atom is -0.497 e. The Kier molecular flexibility index (Phi) is 5.89. The van der Waals surface area contributed by atoms with Crippen LogP contribution in [-0.4, -0.2) is 68.6 Å². The summed E-state index contributed by atoms with van der Waals surface area (Å²) >= 11 is 0. The Morgan fingerprint density at radius 2 is 1.81 bits per heavy atom. The van der Waals surface area contributed by atoms with E-state index in [0.717, 1.165) is 38.9 Å². The van der Waals surface area contributed by atoms with Crippen molar-refractivity contribution < 1.29 is 19.1 Å². The summed E-state index contributed by atoms with van der Waals surface area (Å²) < 4.78 is 10.5. The summed E-state index contributed by atoms with van der Waals surface area (Å²) in [6.45, 7) is 5.50. The Labute approximate surface area is 160 Å². The summed E-state index contributed by atoms with van der Waals surface area (Å²) in [4.78, 5) is 29.3. The molecule has 1 atom stereocenters. The first-order valence-corrected chi connectivity index (χ1v) is 9.54. The van der Waals surface area contributed by atoms with E-state index in [9.17, 15) is 9.59 Å². The summed E-state index contributed by atoms with van der Waals surface area (Å²) in [7, 11) is 3.15. The van der Waals surface area contributed by atoms with Crippen molar-refractivity contribution >= 4 is 17.5 Å². The van der Waals surface area contributed by atoms with Gasteiger partial charge in [0.15, 0.2) is 0 Å². The number of carbonyl (C=O) groups is 2. The lowest BCUT2D eigenvalue weighted by Crippen LogP contribution is -2.38. The van der Waals surface area contributed by atoms with Gasteiger partial charge in [0.25, 0.3) is 0 Å². The molecule has 2 aliphatic rings. The maximum absolute atomic E-state index is 12.8. The minimum atomic E-state index is -0.283. The summed E-state index contributed by atoms with van der Waals surface area (Å²) in [5.41, 5.74) is 0.352. The van der Waals surface area contributed by atoms with Crippen molar-refractivity contribution in [3.63, 3.8) is 0 Å². The fourth-order valence-corrected chi connectivity index (χ4v) is 4.13. The van der Waals surface area contributed by atoms with Crippen molar-refractivity contribution in [1.82, 2.24) is 9.80 Å². The number of likely N-dealkylation sites (tertiary alicyclic amines) is 2. The molecule has 0 saturated carbocycles. The topological polar surface area (TPSA) is 71.1 Å². The van der Waals surface area contributed by atoms with E-state index in [2.05, 4.69) is 17.1 Å². The summed E-state index contributed by atoms with van der Waals surface area (Å²) in [5.74, 6) is 1.41. The number of methoxy groups -OCH3 is 2. The van der Waals surface area contributed by atoms with Gasteiger partial charge in [-0.1, -0.05) is 6.92 Å². The van der Waals surface area contributed by atoms with Gasteiger partial charge in [0.05, 0.1) is 26.2 Å². The van der Waals surface area contributed by atoms with E-state index < -0.39 is 0 Å². The Bertz CT molecular complexity index is 686. The summed E-state index contributed by atoms with van der Waals surface area (Å²) in [6.07, 6.45) is 2.72. The molecule has 3 rings (SSSR count). The molecule has 2 aliphatic heterocycles. The van der Waals surface area contributed by atoms with Crippen LogP contribution in [-0.2, 0) is 9.59 Å². The van der Waals surface area contributed by atoms with Crippen LogP contribution in [0.15, 0.2) is 18.2 Å². The van der Waals surface area contributed by atoms with Crippen molar-refractivity contribution in [1.29, 1.82) is 0 Å². The Hall–Kier alpha value is -2.28. The molecule has 0 bridgehead atoms. The molecule has 27 heavy (non-hydrogen) atoms. The van der Waals surface area contributed by atoms with Gasteiger partial charge in [-0.2, -0.15) is 0 Å². The molecule has 7 heteroatoms. The van der Waals surface area contributed by atoms with Crippen LogP contribution in [0.5, 0.6) is 11.5 Å². The number of hydrogen-bond acceptors (Lipinski definition) is 5. The second-order valence-corrected chi connectivity index (χ2v) is 7.43. The molecule has 2 amide bonds. The molecule has 0 aromatic heterocycles. The van der Waals surface area contributed by atoms with E-state index in [0.29, 0.717) is 23.7 Å². The quantitative estimate of drug-likeness (QED) is 0.789. The molecule has 1 N–H and O–H groups in total. The van der Waals surface area contributed by atoms with Gasteiger partial charge in [0.2, 0.25) is 11.8 Å². The lowest BCUT2D eigenvalue weighted by molar-refractivity contribution is -0.135. The predicted molar refractivity (Wildman–Crippen MR) is 103 cm³/mol. The van der Waals surface area contributed by atoms with Gasteiger partial charge >= 0.3 is 0 Å². The molecule has 2 heterocycles. The standard InChI is InChI=1S/C20H29N3O4/c1-4-7-23-9-6-20(19(23)25)5-8-22(14-20)13-18(24)21-15-10-16(26-2)12-17(11-15)27-3/h10-12H,4-9,13-14H2,1-3H3,(H,21,24). The Balaban J connectivity index is 1.58. The molecule has 1 spiro atoms. The molecular weight excluding hydrogens is 346 g/mol. The van der Waals surface area contributed by atoms with Gasteiger partial charge in [0.1, 0.15) is 11.5 Å². The highest BCUT2D eigenvalue weighted by atomic mass is 16.5. The number of anilines is 1. The Morgan fingerprint density at radius 3 is 2.44 bits per heavy atom. The molecular formula is C20H29N3O4. The highest BCUT2D eigenvalue weighted by molar-refractivity contribution is 5.93. The lowest BCUT2D eigenvalue weighted by Gasteiger charge is -2.23. The van der Waals surface area contributed by atoms with Crippen LogP contribution in [0.1, 0.15) is 26.2 Å². The number of hydrogen-bond donors (Lipinski definition) is 1. The molecule has 1 unspecified atom stereocenters. The molecule has 148 valence electrons. The fourth-order valence-electron chi connectivity index (χ4n) is 4.13. The van der Waals surface area contributed by atoms with Crippen molar-refractivity contribution in [2.24, 2.45) is 5.41 Å². The number of nitrogens with zero attached hydrogens (tertiary/aromatic N) is 2. The van der Waals surface area contributed by atoms with E-state index >= 15 is 0 Å². The second-order valence-electron chi connectivity index (χ2n) is 7.43. The third-order valence-electron chi connectivity index (χ3n) is 5.53. The number of ether oxygens (including phenoxy) is 2. The van der Waals surface area contributed by atoms with Gasteiger partial charge in [-0.3, -0.25) is 14.5 Å². The van der Waals surface area contributed by atoms with Crippen LogP contribution in [0, 0.1) is 5.41 Å². The van der Waals surface area contributed by atoms with Crippen LogP contribution in [0.2, 0.25) is 0 Å². The van der Waals surface area contributed by atoms with E-state index in [4.69, 9.17) is 9.47 Å². The monoisotopic (exact) mass is 375 g/mol. The van der Waals surface area contributed by atoms with E-state index in [-0.39, 0.29) is 23.8 Å². The first kappa shape index (κ1) is 19.5. The van der Waals surface area contributed by atoms with Crippen molar-refractivity contribution in [3.8, 4) is 11.5 Å². The van der Waals surface area contributed by atoms with E-state index in [1.165, 1.54) is 0 Å². The zero-order chi connectivity index (χ0) is 19.4. The van der Waals surface area contributed by atoms with Crippen LogP contribution < -0.4 is 14.8 Å². The third kappa shape index (κ3) is 4.18. The van der Waals surface area contributed by atoms with Crippen molar-refractivity contribution in [2.75, 3.05) is 52.3 Å². The van der Waals surface area contributed by atoms with Crippen molar-refractivity contribution in [3.05, 3.63) is 18.2 Å². The molecule has 0 aliphatic carbocycles. The SMILES string of the molecule is CCCN1CCC2(CCN(CC(=O)Nc3cc(OC)cc(OC)c3)C2)C1=O. The maximum atomic E-state index is 12.8. The number of carbonyl (C=O) groups excluding carboxylic acids is 2. The van der Waals surface area contributed by atoms with Crippen molar-refractivity contribution in [2.45, 2.75) is 26.2 Å². The fraction of sp³-hybridized carbons (Fsp3) is 0.600. The zero-order valence-electron chi connectivity index (χ0n) is 16.4. The number of nitrogens with one attached hydrogen (secondary N) is 1. The van der Waals surface area contributed by atoms with E-state index in [1.54, 1.807) is 32.4 Å². The molecule has 1 aromatic rings. The van der Waals surface area contributed by atoms with Crippen LogP contribution >= 0.6 is 0 Å². The maximum Gasteiger partial charge on any atom is 0.238 e. The number of benzene rings is 1. The molecule has 1 aromatic carbocycles. The highest BCUT2D eigenvalue weighted by Gasteiger charge is 2.50. The predicted octanol–water partition coefficient (Wildman–Crippen LogP) is 1.98. The summed E-state index contributed by atoms with van der Waals surface area (Å²) in [5, 5.41) is 2.90. The van der Waals surface area contributed by atoms with Gasteiger partial charge in [0, 0.05) is 43.5 Å². The zero-order valence-corrected chi connectivity index (χ0v) is 16.4. The highest BCUT2D eigenvalue weighted by Crippen LogP contribution is 2.40. The van der Waals surface area contributed by atoms with Gasteiger partial charge in [-0.05, 0) is 25.8 Å². The number of rotatable bonds is 7. The van der Waals surface area contributed by atoms with Gasteiger partial charge in [-0.15, -0.1) is 0 Å². The van der Waals surface area contributed by atoms with Crippen LogP contribution in [0.25, 0.3) is 0 Å². The molecule has 2 fully saturated rings. The average molecular weight is 375 g/mol. The molecule has 2 saturated heterocycles. The minimum absolute atomic E-state index is 0.0989. The first-order valence-electron chi connectivity index (χ1n) is 9.54. The normalized spacial score (nSPS) is 22.5. The van der Waals surface area contributed by atoms with Gasteiger partial charge in [-0.25, -0.2) is 0 Å². The first-order chi connectivity index (χ1) is 13.0. The largest absolute Gasteiger partial charge is 0.497 e. The van der Waals surface area contributed by atoms with Gasteiger partial charge < -0.3 is 19.7 Å². The Morgan fingerprint density at radius 1 is 1.15 bits per heavy atom. The van der Waals surface area contributed by atoms with E-state index in [1.807, 2.05) is 4.90 Å². The van der Waals surface area contributed by atoms with Crippen LogP contribution in [0.3, 0.4) is 0 Å². The molecule has 0 radical (unpaired) electrons. The number of amides is 2. The summed E-state index contributed by atoms with van der Waals surface area (Å²) in [6, 6.07) is 5.28. The second kappa shape index (κ2) is 8.17. The molecule has 7 nitrogen and oxygen atoms in total. The third-order valence-corrected chi connectivity index (χ3v) is 5.53. The average Bonchev–Trinajstić information content (AvgIpc) is 3.20. The van der Waals surface area contributed by atoms with Crippen LogP contribution in [0.4, 0.5) is 5.69 Å². The lowest BCUT2D eigenvalue weighted by atomic mass is 9.85.